The Kier molecular flexibility index (Phi) is 4.38. The van der Waals surface area contributed by atoms with E-state index in [0.717, 1.165) is 12.8 Å². The van der Waals surface area contributed by atoms with Crippen molar-refractivity contribution in [2.45, 2.75) is 57.5 Å². The molecule has 0 spiro atoms. The van der Waals surface area contributed by atoms with E-state index in [4.69, 9.17) is 5.11 Å². The molecule has 8 heteroatoms. The van der Waals surface area contributed by atoms with Crippen molar-refractivity contribution in [3.05, 3.63) is 11.4 Å². The van der Waals surface area contributed by atoms with E-state index in [1.807, 2.05) is 6.92 Å². The number of carboxylic acid groups (broad SMARTS) is 1. The molecule has 1 saturated carbocycles. The lowest BCUT2D eigenvalue weighted by Crippen LogP contribution is -2.34. The Hall–Kier alpha value is -1.41. The van der Waals surface area contributed by atoms with E-state index < -0.39 is 16.0 Å². The van der Waals surface area contributed by atoms with Crippen LogP contribution in [0.25, 0.3) is 0 Å². The minimum Gasteiger partial charge on any atom is -0.481 e. The molecule has 1 aliphatic rings. The van der Waals surface area contributed by atoms with Gasteiger partial charge in [-0.1, -0.05) is 0 Å². The Morgan fingerprint density at radius 1 is 1.48 bits per heavy atom. The molecule has 2 rings (SSSR count). The highest BCUT2D eigenvalue weighted by molar-refractivity contribution is 7.89. The second-order valence-electron chi connectivity index (χ2n) is 5.61. The van der Waals surface area contributed by atoms with Crippen LogP contribution in [0.5, 0.6) is 0 Å². The second-order valence-corrected chi connectivity index (χ2v) is 7.27. The van der Waals surface area contributed by atoms with Gasteiger partial charge in [0.05, 0.1) is 24.4 Å². The van der Waals surface area contributed by atoms with Crippen LogP contribution in [0.2, 0.25) is 0 Å². The summed E-state index contributed by atoms with van der Waals surface area (Å²) in [7, 11) is -3.62. The Bertz CT molecular complexity index is 647. The fourth-order valence-corrected chi connectivity index (χ4v) is 4.21. The SMILES string of the molecule is Cc1nn(CCC(=O)O)c(C)c1S(=O)(=O)NC(C)C1CC1. The van der Waals surface area contributed by atoms with Crippen LogP contribution in [0.1, 0.15) is 37.6 Å². The van der Waals surface area contributed by atoms with Gasteiger partial charge < -0.3 is 5.11 Å². The summed E-state index contributed by atoms with van der Waals surface area (Å²) in [6.45, 7) is 5.31. The maximum Gasteiger partial charge on any atom is 0.305 e. The van der Waals surface area contributed by atoms with Gasteiger partial charge in [0.25, 0.3) is 0 Å². The highest BCUT2D eigenvalue weighted by Gasteiger charge is 2.33. The van der Waals surface area contributed by atoms with Crippen LogP contribution in [0.3, 0.4) is 0 Å². The number of nitrogens with one attached hydrogen (secondary N) is 1. The predicted octanol–water partition coefficient (Wildman–Crippen LogP) is 1.05. The van der Waals surface area contributed by atoms with Crippen LogP contribution in [-0.4, -0.2) is 35.3 Å². The summed E-state index contributed by atoms with van der Waals surface area (Å²) in [6.07, 6.45) is 2.02. The van der Waals surface area contributed by atoms with Crippen molar-refractivity contribution in [2.75, 3.05) is 0 Å². The third-order valence-electron chi connectivity index (χ3n) is 3.79. The van der Waals surface area contributed by atoms with Gasteiger partial charge in [0.1, 0.15) is 4.90 Å². The molecule has 118 valence electrons. The average Bonchev–Trinajstić information content (AvgIpc) is 3.13. The summed E-state index contributed by atoms with van der Waals surface area (Å²) in [6, 6.07) is -0.0869. The van der Waals surface area contributed by atoms with Crippen LogP contribution < -0.4 is 4.72 Å². The number of sulfonamides is 1. The zero-order chi connectivity index (χ0) is 15.8. The van der Waals surface area contributed by atoms with Crippen molar-refractivity contribution in [3.8, 4) is 0 Å². The van der Waals surface area contributed by atoms with E-state index in [0.29, 0.717) is 17.3 Å². The fraction of sp³-hybridized carbons (Fsp3) is 0.692. The van der Waals surface area contributed by atoms with Gasteiger partial charge in [-0.15, -0.1) is 0 Å². The number of aliphatic carboxylic acids is 1. The minimum absolute atomic E-state index is 0.0869. The maximum absolute atomic E-state index is 12.5. The number of nitrogens with zero attached hydrogens (tertiary/aromatic N) is 2. The third-order valence-corrected chi connectivity index (χ3v) is 5.60. The van der Waals surface area contributed by atoms with E-state index in [1.165, 1.54) is 4.68 Å². The molecule has 1 unspecified atom stereocenters. The summed E-state index contributed by atoms with van der Waals surface area (Å²) >= 11 is 0. The first kappa shape index (κ1) is 16.0. The molecule has 1 aromatic rings. The monoisotopic (exact) mass is 315 g/mol. The largest absolute Gasteiger partial charge is 0.481 e. The first-order chi connectivity index (χ1) is 9.72. The summed E-state index contributed by atoms with van der Waals surface area (Å²) in [5, 5.41) is 12.9. The van der Waals surface area contributed by atoms with Crippen molar-refractivity contribution in [3.63, 3.8) is 0 Å². The molecular weight excluding hydrogens is 294 g/mol. The number of aryl methyl sites for hydroxylation is 2. The van der Waals surface area contributed by atoms with Gasteiger partial charge in [0.2, 0.25) is 10.0 Å². The number of hydrogen-bond donors (Lipinski definition) is 2. The molecule has 1 aliphatic carbocycles. The summed E-state index contributed by atoms with van der Waals surface area (Å²) in [5.74, 6) is -0.519. The molecule has 0 bridgehead atoms. The Morgan fingerprint density at radius 3 is 2.62 bits per heavy atom. The molecule has 0 aliphatic heterocycles. The van der Waals surface area contributed by atoms with Crippen molar-refractivity contribution >= 4 is 16.0 Å². The molecular formula is C13H21N3O4S. The summed E-state index contributed by atoms with van der Waals surface area (Å²) in [4.78, 5) is 10.8. The number of hydrogen-bond acceptors (Lipinski definition) is 4. The standard InChI is InChI=1S/C13H21N3O4S/c1-8(11-4-5-11)15-21(19,20)13-9(2)14-16(10(13)3)7-6-12(17)18/h8,11,15H,4-7H2,1-3H3,(H,17,18). The number of rotatable bonds is 7. The molecule has 7 nitrogen and oxygen atoms in total. The van der Waals surface area contributed by atoms with E-state index >= 15 is 0 Å². The van der Waals surface area contributed by atoms with Crippen molar-refractivity contribution in [1.29, 1.82) is 0 Å². The first-order valence-corrected chi connectivity index (χ1v) is 8.49. The summed E-state index contributed by atoms with van der Waals surface area (Å²) in [5.41, 5.74) is 0.873. The minimum atomic E-state index is -3.62. The van der Waals surface area contributed by atoms with Gasteiger partial charge in [-0.3, -0.25) is 9.48 Å². The zero-order valence-electron chi connectivity index (χ0n) is 12.5. The normalized spacial score (nSPS) is 16.9. The number of carbonyl (C=O) groups is 1. The molecule has 1 atom stereocenters. The van der Waals surface area contributed by atoms with Gasteiger partial charge in [-0.05, 0) is 39.5 Å². The quantitative estimate of drug-likeness (QED) is 0.783. The Morgan fingerprint density at radius 2 is 2.10 bits per heavy atom. The van der Waals surface area contributed by atoms with E-state index in [9.17, 15) is 13.2 Å². The Balaban J connectivity index is 2.23. The van der Waals surface area contributed by atoms with Crippen molar-refractivity contribution in [2.24, 2.45) is 5.92 Å². The summed E-state index contributed by atoms with van der Waals surface area (Å²) < 4.78 is 29.1. The van der Waals surface area contributed by atoms with Gasteiger partial charge in [0.15, 0.2) is 0 Å². The molecule has 0 amide bonds. The lowest BCUT2D eigenvalue weighted by atomic mass is 10.2. The van der Waals surface area contributed by atoms with E-state index in [2.05, 4.69) is 9.82 Å². The molecule has 0 saturated heterocycles. The molecule has 1 aromatic heterocycles. The zero-order valence-corrected chi connectivity index (χ0v) is 13.3. The predicted molar refractivity (Wildman–Crippen MR) is 76.5 cm³/mol. The van der Waals surface area contributed by atoms with Gasteiger partial charge in [-0.2, -0.15) is 5.10 Å². The smallest absolute Gasteiger partial charge is 0.305 e. The molecule has 0 radical (unpaired) electrons. The van der Waals surface area contributed by atoms with Gasteiger partial charge in [-0.25, -0.2) is 13.1 Å². The van der Waals surface area contributed by atoms with Crippen LogP contribution in [0, 0.1) is 19.8 Å². The second kappa shape index (κ2) is 5.76. The molecule has 2 N–H and O–H groups in total. The van der Waals surface area contributed by atoms with E-state index in [1.54, 1.807) is 13.8 Å². The van der Waals surface area contributed by atoms with Gasteiger partial charge in [0, 0.05) is 6.04 Å². The topological polar surface area (TPSA) is 101 Å². The molecule has 0 aromatic carbocycles. The Labute approximate surface area is 124 Å². The van der Waals surface area contributed by atoms with Crippen molar-refractivity contribution < 1.29 is 18.3 Å². The molecule has 1 fully saturated rings. The highest BCUT2D eigenvalue weighted by Crippen LogP contribution is 2.33. The van der Waals surface area contributed by atoms with Crippen LogP contribution in [0.4, 0.5) is 0 Å². The average molecular weight is 315 g/mol. The van der Waals surface area contributed by atoms with Crippen LogP contribution in [-0.2, 0) is 21.4 Å². The molecule has 21 heavy (non-hydrogen) atoms. The maximum atomic E-state index is 12.5. The first-order valence-electron chi connectivity index (χ1n) is 7.00. The highest BCUT2D eigenvalue weighted by atomic mass is 32.2. The lowest BCUT2D eigenvalue weighted by Gasteiger charge is -2.13. The number of aromatic nitrogens is 2. The lowest BCUT2D eigenvalue weighted by molar-refractivity contribution is -0.137. The fourth-order valence-electron chi connectivity index (χ4n) is 2.48. The van der Waals surface area contributed by atoms with Gasteiger partial charge >= 0.3 is 5.97 Å². The third kappa shape index (κ3) is 3.62. The van der Waals surface area contributed by atoms with Crippen LogP contribution >= 0.6 is 0 Å². The number of carboxylic acids is 1. The molecule has 1 heterocycles. The van der Waals surface area contributed by atoms with Crippen LogP contribution in [0.15, 0.2) is 4.90 Å². The van der Waals surface area contributed by atoms with Crippen molar-refractivity contribution in [1.82, 2.24) is 14.5 Å². The van der Waals surface area contributed by atoms with E-state index in [-0.39, 0.29) is 23.9 Å².